The summed E-state index contributed by atoms with van der Waals surface area (Å²) in [5, 5.41) is 15.1. The van der Waals surface area contributed by atoms with Gasteiger partial charge in [-0.2, -0.15) is 4.80 Å². The number of benzene rings is 1. The molecule has 8 nitrogen and oxygen atoms in total. The first-order valence-corrected chi connectivity index (χ1v) is 10.2. The number of nitrogens with zero attached hydrogens (tertiary/aromatic N) is 5. The van der Waals surface area contributed by atoms with Gasteiger partial charge in [0.25, 0.3) is 5.91 Å². The summed E-state index contributed by atoms with van der Waals surface area (Å²) in [4.78, 5) is 16.3. The first kappa shape index (κ1) is 18.9. The molecule has 3 heterocycles. The Kier molecular flexibility index (Phi) is 5.85. The number of fused-ring (bicyclic) bond motifs is 1. The normalized spacial score (nSPS) is 22.5. The number of piperidine rings is 2. The van der Waals surface area contributed by atoms with Crippen LogP contribution in [0.3, 0.4) is 0 Å². The van der Waals surface area contributed by atoms with E-state index in [0.29, 0.717) is 23.5 Å². The van der Waals surface area contributed by atoms with E-state index in [1.54, 1.807) is 7.05 Å². The third kappa shape index (κ3) is 4.49. The van der Waals surface area contributed by atoms with Crippen LogP contribution in [0.4, 0.5) is 0 Å². The van der Waals surface area contributed by atoms with Gasteiger partial charge in [0.2, 0.25) is 5.82 Å². The van der Waals surface area contributed by atoms with Crippen molar-refractivity contribution in [1.29, 1.82) is 0 Å². The maximum Gasteiger partial charge on any atom is 0.257 e. The van der Waals surface area contributed by atoms with E-state index >= 15 is 0 Å². The Morgan fingerprint density at radius 2 is 2.00 bits per heavy atom. The predicted molar refractivity (Wildman–Crippen MR) is 105 cm³/mol. The van der Waals surface area contributed by atoms with Gasteiger partial charge in [-0.15, -0.1) is 10.2 Å². The van der Waals surface area contributed by atoms with Crippen LogP contribution in [0.5, 0.6) is 5.75 Å². The van der Waals surface area contributed by atoms with E-state index in [-0.39, 0.29) is 12.5 Å². The molecular formula is C20H28N6O2. The summed E-state index contributed by atoms with van der Waals surface area (Å²) in [5.41, 5.74) is 0.860. The smallest absolute Gasteiger partial charge is 0.257 e. The van der Waals surface area contributed by atoms with Gasteiger partial charge in [-0.05, 0) is 74.2 Å². The molecule has 1 aromatic heterocycles. The van der Waals surface area contributed by atoms with Crippen molar-refractivity contribution in [2.75, 3.05) is 26.2 Å². The lowest BCUT2D eigenvalue weighted by atomic mass is 9.83. The van der Waals surface area contributed by atoms with Gasteiger partial charge < -0.3 is 15.0 Å². The highest BCUT2D eigenvalue weighted by Crippen LogP contribution is 2.30. The molecule has 1 amide bonds. The van der Waals surface area contributed by atoms with Crippen LogP contribution in [0.25, 0.3) is 11.4 Å². The van der Waals surface area contributed by atoms with Gasteiger partial charge in [0, 0.05) is 18.2 Å². The molecular weight excluding hydrogens is 356 g/mol. The van der Waals surface area contributed by atoms with Gasteiger partial charge in [-0.25, -0.2) is 0 Å². The van der Waals surface area contributed by atoms with Crippen LogP contribution in [0.2, 0.25) is 0 Å². The van der Waals surface area contributed by atoms with Gasteiger partial charge in [0.15, 0.2) is 6.61 Å². The third-order valence-electron chi connectivity index (χ3n) is 5.78. The SMILES string of the molecule is Cn1nnc(-c2ccc(OCC(=O)NC[C@@H]3CCCN4CCCC[C@@H]34)cc2)n1. The first-order chi connectivity index (χ1) is 13.7. The van der Waals surface area contributed by atoms with E-state index < -0.39 is 0 Å². The molecule has 2 atom stereocenters. The molecule has 4 rings (SSSR count). The van der Waals surface area contributed by atoms with E-state index in [4.69, 9.17) is 4.74 Å². The average molecular weight is 384 g/mol. The summed E-state index contributed by atoms with van der Waals surface area (Å²) in [5.74, 6) is 1.72. The average Bonchev–Trinajstić information content (AvgIpc) is 3.17. The van der Waals surface area contributed by atoms with Crippen molar-refractivity contribution >= 4 is 5.91 Å². The molecule has 0 bridgehead atoms. The van der Waals surface area contributed by atoms with Crippen LogP contribution >= 0.6 is 0 Å². The second-order valence-electron chi connectivity index (χ2n) is 7.72. The second kappa shape index (κ2) is 8.68. The van der Waals surface area contributed by atoms with Crippen molar-refractivity contribution in [2.45, 2.75) is 38.1 Å². The predicted octanol–water partition coefficient (Wildman–Crippen LogP) is 1.64. The van der Waals surface area contributed by atoms with Crippen molar-refractivity contribution < 1.29 is 9.53 Å². The molecule has 28 heavy (non-hydrogen) atoms. The zero-order valence-electron chi connectivity index (χ0n) is 16.4. The number of ether oxygens (including phenoxy) is 1. The molecule has 1 aromatic carbocycles. The highest BCUT2D eigenvalue weighted by molar-refractivity contribution is 5.77. The largest absolute Gasteiger partial charge is 0.484 e. The summed E-state index contributed by atoms with van der Waals surface area (Å²) < 4.78 is 5.63. The second-order valence-corrected chi connectivity index (χ2v) is 7.72. The van der Waals surface area contributed by atoms with E-state index in [0.717, 1.165) is 12.1 Å². The quantitative estimate of drug-likeness (QED) is 0.815. The van der Waals surface area contributed by atoms with Crippen molar-refractivity contribution in [3.05, 3.63) is 24.3 Å². The Hall–Kier alpha value is -2.48. The Bertz CT molecular complexity index is 788. The Balaban J connectivity index is 1.23. The molecule has 150 valence electrons. The number of hydrogen-bond acceptors (Lipinski definition) is 6. The number of carbonyl (C=O) groups excluding carboxylic acids is 1. The van der Waals surface area contributed by atoms with Crippen LogP contribution in [0, 0.1) is 5.92 Å². The lowest BCUT2D eigenvalue weighted by molar-refractivity contribution is -0.123. The highest BCUT2D eigenvalue weighted by atomic mass is 16.5. The lowest BCUT2D eigenvalue weighted by Gasteiger charge is -2.44. The first-order valence-electron chi connectivity index (χ1n) is 10.2. The minimum absolute atomic E-state index is 0.0316. The fourth-order valence-corrected chi connectivity index (χ4v) is 4.36. The lowest BCUT2D eigenvalue weighted by Crippen LogP contribution is -2.51. The van der Waals surface area contributed by atoms with Crippen LogP contribution < -0.4 is 10.1 Å². The minimum atomic E-state index is -0.0624. The Morgan fingerprint density at radius 1 is 1.18 bits per heavy atom. The Labute approximate surface area is 165 Å². The fourth-order valence-electron chi connectivity index (χ4n) is 4.36. The number of amides is 1. The number of nitrogens with one attached hydrogen (secondary N) is 1. The number of aryl methyl sites for hydroxylation is 1. The summed E-state index contributed by atoms with van der Waals surface area (Å²) >= 11 is 0. The van der Waals surface area contributed by atoms with E-state index in [1.165, 1.54) is 50.0 Å². The molecule has 0 aliphatic carbocycles. The third-order valence-corrected chi connectivity index (χ3v) is 5.78. The number of tetrazole rings is 1. The molecule has 2 fully saturated rings. The number of hydrogen-bond donors (Lipinski definition) is 1. The van der Waals surface area contributed by atoms with Crippen LogP contribution in [0.15, 0.2) is 24.3 Å². The van der Waals surface area contributed by atoms with Crippen molar-refractivity contribution in [3.8, 4) is 17.1 Å². The molecule has 0 unspecified atom stereocenters. The van der Waals surface area contributed by atoms with Gasteiger partial charge in [0.1, 0.15) is 5.75 Å². The molecule has 2 saturated heterocycles. The highest BCUT2D eigenvalue weighted by Gasteiger charge is 2.32. The standard InChI is InChI=1S/C20H28N6O2/c1-25-23-20(22-24-25)15-7-9-17(10-8-15)28-14-19(27)21-13-16-5-4-12-26-11-3-2-6-18(16)26/h7-10,16,18H,2-6,11-14H2,1H3,(H,21,27)/t16-,18-/m0/s1. The molecule has 2 aromatic rings. The van der Waals surface area contributed by atoms with E-state index in [9.17, 15) is 4.79 Å². The maximum absolute atomic E-state index is 12.2. The monoisotopic (exact) mass is 384 g/mol. The minimum Gasteiger partial charge on any atom is -0.484 e. The van der Waals surface area contributed by atoms with E-state index in [1.807, 2.05) is 24.3 Å². The van der Waals surface area contributed by atoms with Crippen LogP contribution in [-0.2, 0) is 11.8 Å². The summed E-state index contributed by atoms with van der Waals surface area (Å²) in [6.07, 6.45) is 6.34. The molecule has 0 radical (unpaired) electrons. The topological polar surface area (TPSA) is 85.2 Å². The van der Waals surface area contributed by atoms with Crippen molar-refractivity contribution in [1.82, 2.24) is 30.4 Å². The van der Waals surface area contributed by atoms with Gasteiger partial charge in [0.05, 0.1) is 7.05 Å². The van der Waals surface area contributed by atoms with Crippen molar-refractivity contribution in [2.24, 2.45) is 13.0 Å². The van der Waals surface area contributed by atoms with Crippen LogP contribution in [0.1, 0.15) is 32.1 Å². The summed E-state index contributed by atoms with van der Waals surface area (Å²) in [6, 6.07) is 8.01. The van der Waals surface area contributed by atoms with Gasteiger partial charge >= 0.3 is 0 Å². The van der Waals surface area contributed by atoms with Gasteiger partial charge in [-0.1, -0.05) is 6.42 Å². The summed E-state index contributed by atoms with van der Waals surface area (Å²) in [6.45, 7) is 3.22. The van der Waals surface area contributed by atoms with Crippen molar-refractivity contribution in [3.63, 3.8) is 0 Å². The molecule has 1 N–H and O–H groups in total. The molecule has 8 heteroatoms. The molecule has 0 saturated carbocycles. The number of aromatic nitrogens is 4. The zero-order valence-corrected chi connectivity index (χ0v) is 16.4. The Morgan fingerprint density at radius 3 is 2.79 bits per heavy atom. The van der Waals surface area contributed by atoms with E-state index in [2.05, 4.69) is 25.6 Å². The molecule has 0 spiro atoms. The fraction of sp³-hybridized carbons (Fsp3) is 0.600. The molecule has 2 aliphatic rings. The molecule has 2 aliphatic heterocycles. The van der Waals surface area contributed by atoms with Crippen LogP contribution in [-0.4, -0.2) is 63.3 Å². The summed E-state index contributed by atoms with van der Waals surface area (Å²) in [7, 11) is 1.73. The number of rotatable bonds is 6. The maximum atomic E-state index is 12.2. The van der Waals surface area contributed by atoms with Gasteiger partial charge in [-0.3, -0.25) is 4.79 Å². The zero-order chi connectivity index (χ0) is 19.3. The number of carbonyl (C=O) groups is 1.